The smallest absolute Gasteiger partial charge is 0.135 e. The first-order valence-corrected chi connectivity index (χ1v) is 9.83. The van der Waals surface area contributed by atoms with Gasteiger partial charge in [-0.3, -0.25) is 4.99 Å². The topological polar surface area (TPSA) is 28.7 Å². The summed E-state index contributed by atoms with van der Waals surface area (Å²) in [4.78, 5) is 7.05. The molecule has 2 heterocycles. The van der Waals surface area contributed by atoms with Crippen molar-refractivity contribution < 1.29 is 4.42 Å². The van der Waals surface area contributed by atoms with Crippen molar-refractivity contribution in [2.75, 3.05) is 18.0 Å². The Balaban J connectivity index is 1.30. The number of hydrogen-bond acceptors (Lipinski definition) is 3. The van der Waals surface area contributed by atoms with E-state index in [-0.39, 0.29) is 0 Å². The Bertz CT molecular complexity index is 1070. The Morgan fingerprint density at radius 2 is 1.57 bits per heavy atom. The zero-order valence-corrected chi connectivity index (χ0v) is 15.7. The summed E-state index contributed by atoms with van der Waals surface area (Å²) in [6.45, 7) is 2.34. The van der Waals surface area contributed by atoms with Crippen LogP contribution in [0.2, 0.25) is 0 Å². The van der Waals surface area contributed by atoms with E-state index in [9.17, 15) is 0 Å². The fraction of sp³-hybridized carbons (Fsp3) is 0.160. The molecule has 1 aromatic heterocycles. The fourth-order valence-electron chi connectivity index (χ4n) is 3.73. The molecule has 3 aromatic carbocycles. The fourth-order valence-corrected chi connectivity index (χ4v) is 3.73. The molecule has 0 spiro atoms. The first-order valence-electron chi connectivity index (χ1n) is 9.83. The highest BCUT2D eigenvalue weighted by atomic mass is 16.3. The van der Waals surface area contributed by atoms with Crippen LogP contribution in [0.15, 0.2) is 88.3 Å². The maximum atomic E-state index is 5.93. The highest BCUT2D eigenvalue weighted by Crippen LogP contribution is 2.29. The number of benzene rings is 3. The van der Waals surface area contributed by atoms with Gasteiger partial charge in [0.25, 0.3) is 0 Å². The van der Waals surface area contributed by atoms with Gasteiger partial charge in [0.2, 0.25) is 0 Å². The van der Waals surface area contributed by atoms with Gasteiger partial charge in [-0.15, -0.1) is 0 Å². The molecule has 3 heteroatoms. The van der Waals surface area contributed by atoms with Gasteiger partial charge in [0, 0.05) is 35.9 Å². The van der Waals surface area contributed by atoms with Crippen molar-refractivity contribution in [1.82, 2.24) is 0 Å². The van der Waals surface area contributed by atoms with Crippen LogP contribution in [-0.4, -0.2) is 19.3 Å². The monoisotopic (exact) mass is 366 g/mol. The Morgan fingerprint density at radius 1 is 0.821 bits per heavy atom. The second kappa shape index (κ2) is 7.35. The molecule has 1 aliphatic heterocycles. The van der Waals surface area contributed by atoms with E-state index < -0.39 is 0 Å². The predicted molar refractivity (Wildman–Crippen MR) is 117 cm³/mol. The first-order chi connectivity index (χ1) is 13.8. The van der Waals surface area contributed by atoms with Crippen LogP contribution in [0, 0.1) is 0 Å². The molecule has 5 rings (SSSR count). The minimum absolute atomic E-state index is 0.884. The standard InChI is InChI=1S/C25H22N2O/c1-2-6-24-21(5-1)17-25(28-24)20-9-11-22(12-10-20)26-18-19-7-13-23(14-8-19)27-15-3-4-16-27/h1-2,5-14,17-18H,3-4,15-16H2. The molecule has 0 aliphatic carbocycles. The number of anilines is 1. The Morgan fingerprint density at radius 3 is 2.32 bits per heavy atom. The van der Waals surface area contributed by atoms with Crippen LogP contribution in [0.5, 0.6) is 0 Å². The number of hydrogen-bond donors (Lipinski definition) is 0. The van der Waals surface area contributed by atoms with Crippen LogP contribution < -0.4 is 4.90 Å². The average molecular weight is 366 g/mol. The number of nitrogens with zero attached hydrogens (tertiary/aromatic N) is 2. The molecule has 0 amide bonds. The predicted octanol–water partition coefficient (Wildman–Crippen LogP) is 6.45. The van der Waals surface area contributed by atoms with Crippen molar-refractivity contribution >= 4 is 28.6 Å². The molecular weight excluding hydrogens is 344 g/mol. The maximum absolute atomic E-state index is 5.93. The van der Waals surface area contributed by atoms with Crippen LogP contribution in [0.1, 0.15) is 18.4 Å². The van der Waals surface area contributed by atoms with Gasteiger partial charge in [-0.05, 0) is 66.9 Å². The molecule has 4 aromatic rings. The summed E-state index contributed by atoms with van der Waals surface area (Å²) in [6, 6.07) is 27.0. The summed E-state index contributed by atoms with van der Waals surface area (Å²) in [5.74, 6) is 0.884. The highest BCUT2D eigenvalue weighted by Gasteiger charge is 2.11. The molecule has 1 aliphatic rings. The molecule has 0 bridgehead atoms. The van der Waals surface area contributed by atoms with Crippen molar-refractivity contribution in [2.24, 2.45) is 4.99 Å². The van der Waals surface area contributed by atoms with Crippen molar-refractivity contribution in [3.63, 3.8) is 0 Å². The Hall–Kier alpha value is -3.33. The average Bonchev–Trinajstić information content (AvgIpc) is 3.43. The van der Waals surface area contributed by atoms with Crippen molar-refractivity contribution in [3.05, 3.63) is 84.4 Å². The summed E-state index contributed by atoms with van der Waals surface area (Å²) in [7, 11) is 0. The normalized spacial score (nSPS) is 14.4. The van der Waals surface area contributed by atoms with E-state index >= 15 is 0 Å². The second-order valence-corrected chi connectivity index (χ2v) is 7.24. The van der Waals surface area contributed by atoms with E-state index in [1.54, 1.807) is 0 Å². The van der Waals surface area contributed by atoms with Crippen LogP contribution in [-0.2, 0) is 0 Å². The van der Waals surface area contributed by atoms with E-state index in [0.717, 1.165) is 33.5 Å². The Kier molecular flexibility index (Phi) is 4.42. The SMILES string of the molecule is C(=Nc1ccc(-c2cc3ccccc3o2)cc1)c1ccc(N2CCCC2)cc1. The summed E-state index contributed by atoms with van der Waals surface area (Å²) >= 11 is 0. The van der Waals surface area contributed by atoms with E-state index in [1.165, 1.54) is 31.6 Å². The van der Waals surface area contributed by atoms with E-state index in [1.807, 2.05) is 36.5 Å². The van der Waals surface area contributed by atoms with Crippen LogP contribution >= 0.6 is 0 Å². The van der Waals surface area contributed by atoms with E-state index in [4.69, 9.17) is 4.42 Å². The minimum Gasteiger partial charge on any atom is -0.456 e. The number of para-hydroxylation sites is 1. The van der Waals surface area contributed by atoms with Gasteiger partial charge in [0.15, 0.2) is 0 Å². The van der Waals surface area contributed by atoms with Crippen LogP contribution in [0.3, 0.4) is 0 Å². The molecule has 0 saturated carbocycles. The third-order valence-electron chi connectivity index (χ3n) is 5.30. The lowest BCUT2D eigenvalue weighted by Gasteiger charge is -2.17. The summed E-state index contributed by atoms with van der Waals surface area (Å²) in [5.41, 5.74) is 5.33. The first kappa shape index (κ1) is 16.8. The number of aliphatic imine (C=N–C) groups is 1. The van der Waals surface area contributed by atoms with E-state index in [0.29, 0.717) is 0 Å². The van der Waals surface area contributed by atoms with Gasteiger partial charge in [0.05, 0.1) is 5.69 Å². The molecule has 0 radical (unpaired) electrons. The molecule has 1 saturated heterocycles. The van der Waals surface area contributed by atoms with Gasteiger partial charge in [-0.2, -0.15) is 0 Å². The van der Waals surface area contributed by atoms with Gasteiger partial charge in [-0.1, -0.05) is 30.3 Å². The molecule has 0 N–H and O–H groups in total. The molecule has 138 valence electrons. The third-order valence-corrected chi connectivity index (χ3v) is 5.30. The lowest BCUT2D eigenvalue weighted by atomic mass is 10.1. The molecule has 0 atom stereocenters. The highest BCUT2D eigenvalue weighted by molar-refractivity contribution is 5.84. The van der Waals surface area contributed by atoms with Crippen LogP contribution in [0.25, 0.3) is 22.3 Å². The zero-order chi connectivity index (χ0) is 18.8. The number of rotatable bonds is 4. The summed E-state index contributed by atoms with van der Waals surface area (Å²) in [6.07, 6.45) is 4.52. The van der Waals surface area contributed by atoms with Gasteiger partial charge in [0.1, 0.15) is 11.3 Å². The van der Waals surface area contributed by atoms with Gasteiger partial charge in [-0.25, -0.2) is 0 Å². The van der Waals surface area contributed by atoms with Crippen molar-refractivity contribution in [1.29, 1.82) is 0 Å². The zero-order valence-electron chi connectivity index (χ0n) is 15.7. The maximum Gasteiger partial charge on any atom is 0.135 e. The largest absolute Gasteiger partial charge is 0.456 e. The lowest BCUT2D eigenvalue weighted by Crippen LogP contribution is -2.17. The van der Waals surface area contributed by atoms with Gasteiger partial charge >= 0.3 is 0 Å². The summed E-state index contributed by atoms with van der Waals surface area (Å²) in [5, 5.41) is 1.12. The van der Waals surface area contributed by atoms with E-state index in [2.05, 4.69) is 58.4 Å². The summed E-state index contributed by atoms with van der Waals surface area (Å²) < 4.78 is 5.93. The second-order valence-electron chi connectivity index (χ2n) is 7.24. The molecule has 28 heavy (non-hydrogen) atoms. The molecule has 0 unspecified atom stereocenters. The molecular formula is C25H22N2O. The number of furan rings is 1. The van der Waals surface area contributed by atoms with Crippen molar-refractivity contribution in [3.8, 4) is 11.3 Å². The third kappa shape index (κ3) is 3.44. The Labute approximate surface area is 164 Å². The minimum atomic E-state index is 0.884. The van der Waals surface area contributed by atoms with Crippen molar-refractivity contribution in [2.45, 2.75) is 12.8 Å². The lowest BCUT2D eigenvalue weighted by molar-refractivity contribution is 0.631. The van der Waals surface area contributed by atoms with Gasteiger partial charge < -0.3 is 9.32 Å². The molecule has 1 fully saturated rings. The van der Waals surface area contributed by atoms with Crippen LogP contribution in [0.4, 0.5) is 11.4 Å². The number of fused-ring (bicyclic) bond motifs is 1. The molecule has 3 nitrogen and oxygen atoms in total. The quantitative estimate of drug-likeness (QED) is 0.388.